The molecule has 0 amide bonds. The van der Waals surface area contributed by atoms with Crippen LogP contribution in [0.2, 0.25) is 0 Å². The first-order chi connectivity index (χ1) is 7.33. The third-order valence-electron chi connectivity index (χ3n) is 3.60. The van der Waals surface area contributed by atoms with Crippen molar-refractivity contribution in [2.45, 2.75) is 44.1 Å². The lowest BCUT2D eigenvalue weighted by Crippen LogP contribution is -2.46. The second-order valence-corrected chi connectivity index (χ2v) is 4.58. The van der Waals surface area contributed by atoms with Crippen LogP contribution in [0.5, 0.6) is 0 Å². The first-order valence-electron chi connectivity index (χ1n) is 6.21. The van der Waals surface area contributed by atoms with E-state index in [1.165, 1.54) is 38.5 Å². The van der Waals surface area contributed by atoms with Gasteiger partial charge in [-0.15, -0.1) is 0 Å². The summed E-state index contributed by atoms with van der Waals surface area (Å²) >= 11 is 0. The zero-order valence-electron chi connectivity index (χ0n) is 10.3. The van der Waals surface area contributed by atoms with Crippen LogP contribution in [0, 0.1) is 0 Å². The smallest absolute Gasteiger partial charge is 0.0587 e. The Hall–Kier alpha value is -0.120. The van der Waals surface area contributed by atoms with Gasteiger partial charge in [-0.2, -0.15) is 0 Å². The average Bonchev–Trinajstić information content (AvgIpc) is 2.30. The van der Waals surface area contributed by atoms with Gasteiger partial charge in [0.05, 0.1) is 6.61 Å². The largest absolute Gasteiger partial charge is 0.383 e. The summed E-state index contributed by atoms with van der Waals surface area (Å²) in [5.74, 6) is 0. The van der Waals surface area contributed by atoms with Gasteiger partial charge in [-0.05, 0) is 32.9 Å². The maximum absolute atomic E-state index is 5.01. The minimum absolute atomic E-state index is 0.415. The van der Waals surface area contributed by atoms with Crippen molar-refractivity contribution in [3.63, 3.8) is 0 Å². The monoisotopic (exact) mass is 214 g/mol. The maximum atomic E-state index is 5.01. The summed E-state index contributed by atoms with van der Waals surface area (Å²) in [6.07, 6.45) is 8.12. The summed E-state index contributed by atoms with van der Waals surface area (Å²) in [6.45, 7) is 2.88. The Morgan fingerprint density at radius 1 is 1.13 bits per heavy atom. The van der Waals surface area contributed by atoms with E-state index in [0.29, 0.717) is 5.54 Å². The van der Waals surface area contributed by atoms with Crippen molar-refractivity contribution in [1.82, 2.24) is 10.6 Å². The van der Waals surface area contributed by atoms with Crippen molar-refractivity contribution in [1.29, 1.82) is 0 Å². The Morgan fingerprint density at radius 2 is 1.87 bits per heavy atom. The number of rotatable bonds is 7. The summed E-state index contributed by atoms with van der Waals surface area (Å²) < 4.78 is 5.01. The van der Waals surface area contributed by atoms with Crippen molar-refractivity contribution in [3.8, 4) is 0 Å². The maximum Gasteiger partial charge on any atom is 0.0587 e. The molecule has 90 valence electrons. The van der Waals surface area contributed by atoms with E-state index in [2.05, 4.69) is 17.7 Å². The highest BCUT2D eigenvalue weighted by molar-refractivity contribution is 4.89. The standard InChI is InChI=1S/C12H26N2O/c1-13-12(6-4-3-5-7-12)8-9-14-10-11-15-2/h13-14H,3-11H2,1-2H3. The molecule has 0 heterocycles. The third kappa shape index (κ3) is 4.49. The molecule has 2 N–H and O–H groups in total. The topological polar surface area (TPSA) is 33.3 Å². The normalized spacial score (nSPS) is 20.4. The van der Waals surface area contributed by atoms with Gasteiger partial charge in [0.15, 0.2) is 0 Å². The summed E-state index contributed by atoms with van der Waals surface area (Å²) in [5.41, 5.74) is 0.415. The predicted octanol–water partition coefficient (Wildman–Crippen LogP) is 1.53. The lowest BCUT2D eigenvalue weighted by molar-refractivity contribution is 0.193. The Kier molecular flexibility index (Phi) is 6.22. The first-order valence-corrected chi connectivity index (χ1v) is 6.21. The third-order valence-corrected chi connectivity index (χ3v) is 3.60. The van der Waals surface area contributed by atoms with Crippen LogP contribution in [0.15, 0.2) is 0 Å². The lowest BCUT2D eigenvalue weighted by Gasteiger charge is -2.37. The Morgan fingerprint density at radius 3 is 2.47 bits per heavy atom. The van der Waals surface area contributed by atoms with E-state index in [4.69, 9.17) is 4.74 Å². The number of ether oxygens (including phenoxy) is 1. The van der Waals surface area contributed by atoms with Gasteiger partial charge in [0.1, 0.15) is 0 Å². The molecule has 0 aromatic heterocycles. The fraction of sp³-hybridized carbons (Fsp3) is 1.00. The first kappa shape index (κ1) is 12.9. The summed E-state index contributed by atoms with van der Waals surface area (Å²) in [7, 11) is 3.86. The Balaban J connectivity index is 2.15. The van der Waals surface area contributed by atoms with Gasteiger partial charge >= 0.3 is 0 Å². The van der Waals surface area contributed by atoms with Crippen molar-refractivity contribution in [2.75, 3.05) is 33.9 Å². The highest BCUT2D eigenvalue weighted by Gasteiger charge is 2.29. The van der Waals surface area contributed by atoms with Crippen LogP contribution >= 0.6 is 0 Å². The number of methoxy groups -OCH3 is 1. The predicted molar refractivity (Wildman–Crippen MR) is 64.2 cm³/mol. The number of hydrogen-bond donors (Lipinski definition) is 2. The molecule has 0 unspecified atom stereocenters. The van der Waals surface area contributed by atoms with Crippen LogP contribution in [-0.4, -0.2) is 39.4 Å². The molecule has 0 spiro atoms. The van der Waals surface area contributed by atoms with E-state index in [9.17, 15) is 0 Å². The molecule has 1 rings (SSSR count). The molecule has 0 aromatic carbocycles. The molecule has 15 heavy (non-hydrogen) atoms. The van der Waals surface area contributed by atoms with Gasteiger partial charge < -0.3 is 15.4 Å². The van der Waals surface area contributed by atoms with Gasteiger partial charge in [0, 0.05) is 19.2 Å². The zero-order valence-corrected chi connectivity index (χ0v) is 10.3. The van der Waals surface area contributed by atoms with E-state index in [1.54, 1.807) is 7.11 Å². The van der Waals surface area contributed by atoms with Gasteiger partial charge in [0.25, 0.3) is 0 Å². The number of hydrogen-bond acceptors (Lipinski definition) is 3. The molecule has 0 bridgehead atoms. The highest BCUT2D eigenvalue weighted by atomic mass is 16.5. The van der Waals surface area contributed by atoms with Gasteiger partial charge in [0.2, 0.25) is 0 Å². The average molecular weight is 214 g/mol. The van der Waals surface area contributed by atoms with E-state index in [-0.39, 0.29) is 0 Å². The highest BCUT2D eigenvalue weighted by Crippen LogP contribution is 2.30. The number of nitrogens with one attached hydrogen (secondary N) is 2. The molecule has 0 aromatic rings. The van der Waals surface area contributed by atoms with Gasteiger partial charge in [-0.25, -0.2) is 0 Å². The van der Waals surface area contributed by atoms with E-state index >= 15 is 0 Å². The summed E-state index contributed by atoms with van der Waals surface area (Å²) in [5, 5.41) is 6.96. The van der Waals surface area contributed by atoms with Crippen LogP contribution in [0.1, 0.15) is 38.5 Å². The van der Waals surface area contributed by atoms with Crippen LogP contribution in [0.4, 0.5) is 0 Å². The second kappa shape index (κ2) is 7.20. The van der Waals surface area contributed by atoms with Gasteiger partial charge in [-0.1, -0.05) is 19.3 Å². The molecular weight excluding hydrogens is 188 g/mol. The fourth-order valence-corrected chi connectivity index (χ4v) is 2.48. The van der Waals surface area contributed by atoms with Gasteiger partial charge in [-0.3, -0.25) is 0 Å². The Bertz CT molecular complexity index is 156. The molecule has 0 atom stereocenters. The molecule has 0 radical (unpaired) electrons. The van der Waals surface area contributed by atoms with E-state index in [1.807, 2.05) is 0 Å². The summed E-state index contributed by atoms with van der Waals surface area (Å²) in [6, 6.07) is 0. The van der Waals surface area contributed by atoms with E-state index < -0.39 is 0 Å². The van der Waals surface area contributed by atoms with Crippen molar-refractivity contribution in [3.05, 3.63) is 0 Å². The molecule has 3 nitrogen and oxygen atoms in total. The molecule has 3 heteroatoms. The summed E-state index contributed by atoms with van der Waals surface area (Å²) in [4.78, 5) is 0. The molecular formula is C12H26N2O. The SMILES string of the molecule is CNC1(CCNCCOC)CCCCC1. The zero-order chi connectivity index (χ0) is 11.0. The van der Waals surface area contributed by atoms with Crippen LogP contribution < -0.4 is 10.6 Å². The quantitative estimate of drug-likeness (QED) is 0.631. The minimum Gasteiger partial charge on any atom is -0.383 e. The lowest BCUT2D eigenvalue weighted by atomic mass is 9.79. The molecule has 1 aliphatic rings. The fourth-order valence-electron chi connectivity index (χ4n) is 2.48. The van der Waals surface area contributed by atoms with Crippen LogP contribution in [0.25, 0.3) is 0 Å². The Labute approximate surface area is 94.0 Å². The van der Waals surface area contributed by atoms with Crippen molar-refractivity contribution in [2.24, 2.45) is 0 Å². The van der Waals surface area contributed by atoms with E-state index in [0.717, 1.165) is 19.7 Å². The molecule has 0 saturated heterocycles. The van der Waals surface area contributed by atoms with Crippen molar-refractivity contribution >= 4 is 0 Å². The van der Waals surface area contributed by atoms with Crippen LogP contribution in [0.3, 0.4) is 0 Å². The minimum atomic E-state index is 0.415. The molecule has 0 aliphatic heterocycles. The molecule has 1 aliphatic carbocycles. The second-order valence-electron chi connectivity index (χ2n) is 4.58. The van der Waals surface area contributed by atoms with Crippen molar-refractivity contribution < 1.29 is 4.74 Å². The molecule has 1 saturated carbocycles. The van der Waals surface area contributed by atoms with Crippen LogP contribution in [-0.2, 0) is 4.74 Å². The molecule has 1 fully saturated rings.